The summed E-state index contributed by atoms with van der Waals surface area (Å²) in [5, 5.41) is 17.0. The largest absolute Gasteiger partial charge is 0.504 e. The molecule has 0 spiro atoms. The van der Waals surface area contributed by atoms with Crippen molar-refractivity contribution in [3.05, 3.63) is 23.3 Å². The third-order valence-corrected chi connectivity index (χ3v) is 4.39. The molecular formula is C15H22N2O2. The number of methoxy groups -OCH3 is 1. The van der Waals surface area contributed by atoms with Crippen molar-refractivity contribution in [1.29, 1.82) is 0 Å². The number of rotatable bonds is 2. The molecule has 0 bridgehead atoms. The predicted octanol–water partition coefficient (Wildman–Crippen LogP) is 1.59. The lowest BCUT2D eigenvalue weighted by Crippen LogP contribution is -2.39. The minimum absolute atomic E-state index is 0.257. The summed E-state index contributed by atoms with van der Waals surface area (Å²) in [7, 11) is 1.61. The number of ether oxygens (including phenoxy) is 1. The van der Waals surface area contributed by atoms with Crippen LogP contribution < -0.4 is 15.4 Å². The maximum atomic E-state index is 9.91. The lowest BCUT2D eigenvalue weighted by atomic mass is 9.81. The normalized spacial score (nSPS) is 23.9. The Kier molecular flexibility index (Phi) is 3.62. The number of benzene rings is 1. The fourth-order valence-corrected chi connectivity index (χ4v) is 3.37. The number of hydrogen-bond donors (Lipinski definition) is 3. The minimum atomic E-state index is 0.257. The molecule has 0 unspecified atom stereocenters. The highest BCUT2D eigenvalue weighted by molar-refractivity contribution is 5.48. The van der Waals surface area contributed by atoms with Crippen LogP contribution in [0.2, 0.25) is 0 Å². The first-order valence-corrected chi connectivity index (χ1v) is 7.13. The van der Waals surface area contributed by atoms with Crippen LogP contribution in [0.5, 0.6) is 11.5 Å². The molecule has 1 aromatic rings. The van der Waals surface area contributed by atoms with Crippen molar-refractivity contribution in [2.75, 3.05) is 26.7 Å². The van der Waals surface area contributed by atoms with E-state index in [1.807, 2.05) is 12.1 Å². The molecule has 0 aromatic heterocycles. The Morgan fingerprint density at radius 3 is 2.74 bits per heavy atom. The van der Waals surface area contributed by atoms with Crippen molar-refractivity contribution in [3.63, 3.8) is 0 Å². The van der Waals surface area contributed by atoms with Crippen molar-refractivity contribution in [3.8, 4) is 11.5 Å². The first-order chi connectivity index (χ1) is 9.29. The average Bonchev–Trinajstić information content (AvgIpc) is 2.46. The zero-order valence-electron chi connectivity index (χ0n) is 11.4. The molecule has 2 aliphatic heterocycles. The smallest absolute Gasteiger partial charge is 0.160 e. The zero-order chi connectivity index (χ0) is 13.2. The summed E-state index contributed by atoms with van der Waals surface area (Å²) in [6.45, 7) is 3.20. The monoisotopic (exact) mass is 262 g/mol. The third kappa shape index (κ3) is 2.42. The summed E-state index contributed by atoms with van der Waals surface area (Å²) in [5.74, 6) is 1.52. The van der Waals surface area contributed by atoms with Gasteiger partial charge in [0.05, 0.1) is 7.11 Å². The summed E-state index contributed by atoms with van der Waals surface area (Å²) in [4.78, 5) is 0. The Balaban J connectivity index is 1.93. The lowest BCUT2D eigenvalue weighted by Gasteiger charge is -2.36. The molecule has 1 saturated heterocycles. The minimum Gasteiger partial charge on any atom is -0.504 e. The number of piperidine rings is 1. The maximum Gasteiger partial charge on any atom is 0.160 e. The van der Waals surface area contributed by atoms with Gasteiger partial charge in [0.2, 0.25) is 0 Å². The molecule has 1 atom stereocenters. The Bertz CT molecular complexity index is 456. The van der Waals surface area contributed by atoms with Gasteiger partial charge in [-0.05, 0) is 68.1 Å². The van der Waals surface area contributed by atoms with E-state index in [2.05, 4.69) is 10.6 Å². The van der Waals surface area contributed by atoms with Crippen LogP contribution >= 0.6 is 0 Å². The van der Waals surface area contributed by atoms with Crippen LogP contribution in [-0.4, -0.2) is 31.9 Å². The molecule has 104 valence electrons. The van der Waals surface area contributed by atoms with Crippen LogP contribution in [0.3, 0.4) is 0 Å². The van der Waals surface area contributed by atoms with Gasteiger partial charge in [-0.2, -0.15) is 0 Å². The number of hydrogen-bond acceptors (Lipinski definition) is 4. The van der Waals surface area contributed by atoms with Crippen LogP contribution in [0.4, 0.5) is 0 Å². The molecule has 2 heterocycles. The number of nitrogens with one attached hydrogen (secondary N) is 2. The van der Waals surface area contributed by atoms with Crippen LogP contribution in [0.25, 0.3) is 0 Å². The van der Waals surface area contributed by atoms with Crippen LogP contribution in [-0.2, 0) is 6.42 Å². The second-order valence-electron chi connectivity index (χ2n) is 5.49. The molecule has 0 aliphatic carbocycles. The van der Waals surface area contributed by atoms with Gasteiger partial charge in [0.1, 0.15) is 0 Å². The second-order valence-corrected chi connectivity index (χ2v) is 5.49. The molecule has 1 aromatic carbocycles. The fraction of sp³-hybridized carbons (Fsp3) is 0.600. The topological polar surface area (TPSA) is 53.5 Å². The number of aromatic hydroxyl groups is 1. The quantitative estimate of drug-likeness (QED) is 0.757. The summed E-state index contributed by atoms with van der Waals surface area (Å²) < 4.78 is 5.26. The summed E-state index contributed by atoms with van der Waals surface area (Å²) in [6.07, 6.45) is 3.40. The van der Waals surface area contributed by atoms with Crippen molar-refractivity contribution in [1.82, 2.24) is 10.6 Å². The highest BCUT2D eigenvalue weighted by Crippen LogP contribution is 2.38. The van der Waals surface area contributed by atoms with Crippen LogP contribution in [0, 0.1) is 5.92 Å². The van der Waals surface area contributed by atoms with Gasteiger partial charge in [-0.3, -0.25) is 0 Å². The molecule has 1 fully saturated rings. The molecule has 0 amide bonds. The Morgan fingerprint density at radius 2 is 2.00 bits per heavy atom. The van der Waals surface area contributed by atoms with Crippen molar-refractivity contribution in [2.45, 2.75) is 25.3 Å². The third-order valence-electron chi connectivity index (χ3n) is 4.39. The van der Waals surface area contributed by atoms with Gasteiger partial charge in [-0.15, -0.1) is 0 Å². The van der Waals surface area contributed by atoms with E-state index in [0.29, 0.717) is 17.7 Å². The zero-order valence-corrected chi connectivity index (χ0v) is 11.4. The van der Waals surface area contributed by atoms with Crippen molar-refractivity contribution in [2.24, 2.45) is 5.92 Å². The second kappa shape index (κ2) is 5.39. The first-order valence-electron chi connectivity index (χ1n) is 7.13. The van der Waals surface area contributed by atoms with E-state index in [1.54, 1.807) is 7.11 Å². The molecule has 4 nitrogen and oxygen atoms in total. The van der Waals surface area contributed by atoms with Crippen LogP contribution in [0.15, 0.2) is 12.1 Å². The number of fused-ring (bicyclic) bond motifs is 1. The molecule has 0 radical (unpaired) electrons. The molecular weight excluding hydrogens is 240 g/mol. The Labute approximate surface area is 114 Å². The van der Waals surface area contributed by atoms with Crippen molar-refractivity contribution < 1.29 is 9.84 Å². The molecule has 2 aliphatic rings. The highest BCUT2D eigenvalue weighted by Gasteiger charge is 2.29. The van der Waals surface area contributed by atoms with Gasteiger partial charge in [-0.1, -0.05) is 0 Å². The predicted molar refractivity (Wildman–Crippen MR) is 74.7 cm³/mol. The summed E-state index contributed by atoms with van der Waals surface area (Å²) in [6, 6.07) is 4.30. The van der Waals surface area contributed by atoms with Gasteiger partial charge in [-0.25, -0.2) is 0 Å². The molecule has 0 saturated carbocycles. The Morgan fingerprint density at radius 1 is 1.21 bits per heavy atom. The van der Waals surface area contributed by atoms with E-state index < -0.39 is 0 Å². The maximum absolute atomic E-state index is 9.91. The SMILES string of the molecule is COc1cc2c(cc1O)CCN[C@@H]2C1CCNCC1. The van der Waals surface area contributed by atoms with E-state index in [-0.39, 0.29) is 5.75 Å². The Hall–Kier alpha value is -1.26. The van der Waals surface area contributed by atoms with Gasteiger partial charge in [0.25, 0.3) is 0 Å². The van der Waals surface area contributed by atoms with Crippen LogP contribution in [0.1, 0.15) is 30.0 Å². The molecule has 3 N–H and O–H groups in total. The standard InChI is InChI=1S/C15H22N2O2/c1-19-14-9-12-11(8-13(14)18)4-7-17-15(12)10-2-5-16-6-3-10/h8-10,15-18H,2-7H2,1H3/t15-/m1/s1. The van der Waals surface area contributed by atoms with Gasteiger partial charge >= 0.3 is 0 Å². The summed E-state index contributed by atoms with van der Waals surface area (Å²) >= 11 is 0. The summed E-state index contributed by atoms with van der Waals surface area (Å²) in [5.41, 5.74) is 2.58. The van der Waals surface area contributed by atoms with E-state index in [0.717, 1.165) is 26.1 Å². The van der Waals surface area contributed by atoms with Gasteiger partial charge in [0.15, 0.2) is 11.5 Å². The van der Waals surface area contributed by atoms with E-state index in [9.17, 15) is 5.11 Å². The van der Waals surface area contributed by atoms with Gasteiger partial charge in [0, 0.05) is 6.04 Å². The molecule has 19 heavy (non-hydrogen) atoms. The number of phenols is 1. The average molecular weight is 262 g/mol. The fourth-order valence-electron chi connectivity index (χ4n) is 3.37. The van der Waals surface area contributed by atoms with E-state index >= 15 is 0 Å². The van der Waals surface area contributed by atoms with Crippen molar-refractivity contribution >= 4 is 0 Å². The van der Waals surface area contributed by atoms with E-state index in [4.69, 9.17) is 4.74 Å². The molecule has 4 heteroatoms. The lowest BCUT2D eigenvalue weighted by molar-refractivity contribution is 0.274. The first kappa shape index (κ1) is 12.8. The number of phenolic OH excluding ortho intramolecular Hbond substituents is 1. The van der Waals surface area contributed by atoms with E-state index in [1.165, 1.54) is 24.0 Å². The highest BCUT2D eigenvalue weighted by atomic mass is 16.5. The van der Waals surface area contributed by atoms with Gasteiger partial charge < -0.3 is 20.5 Å². The molecule has 3 rings (SSSR count).